The summed E-state index contributed by atoms with van der Waals surface area (Å²) in [5.74, 6) is -0.192. The second-order valence-electron chi connectivity index (χ2n) is 5.58. The SMILES string of the molecule is CNC(=O)c1ccc(/C=C/C(=O)N(C)Cc2ccc(SC)cc2)cc1. The minimum absolute atomic E-state index is 0.0654. The minimum Gasteiger partial charge on any atom is -0.355 e. The highest BCUT2D eigenvalue weighted by Gasteiger charge is 2.06. The lowest BCUT2D eigenvalue weighted by atomic mass is 10.1. The average molecular weight is 354 g/mol. The van der Waals surface area contributed by atoms with E-state index in [0.29, 0.717) is 12.1 Å². The van der Waals surface area contributed by atoms with Crippen molar-refractivity contribution >= 4 is 29.7 Å². The topological polar surface area (TPSA) is 49.4 Å². The third kappa shape index (κ3) is 5.50. The van der Waals surface area contributed by atoms with Crippen LogP contribution >= 0.6 is 11.8 Å². The van der Waals surface area contributed by atoms with Gasteiger partial charge in [0.15, 0.2) is 0 Å². The van der Waals surface area contributed by atoms with Crippen LogP contribution in [0.15, 0.2) is 59.5 Å². The molecule has 0 aliphatic rings. The van der Waals surface area contributed by atoms with Gasteiger partial charge in [0.25, 0.3) is 5.91 Å². The fourth-order valence-corrected chi connectivity index (χ4v) is 2.68. The third-order valence-electron chi connectivity index (χ3n) is 3.77. The molecule has 0 saturated carbocycles. The Labute approximate surface area is 152 Å². The van der Waals surface area contributed by atoms with Gasteiger partial charge in [-0.25, -0.2) is 0 Å². The van der Waals surface area contributed by atoms with E-state index in [1.165, 1.54) is 4.90 Å². The molecule has 0 aliphatic heterocycles. The quantitative estimate of drug-likeness (QED) is 0.639. The van der Waals surface area contributed by atoms with Crippen molar-refractivity contribution in [2.45, 2.75) is 11.4 Å². The highest BCUT2D eigenvalue weighted by atomic mass is 32.2. The van der Waals surface area contributed by atoms with Gasteiger partial charge in [-0.05, 0) is 47.7 Å². The maximum atomic E-state index is 12.2. The Bertz CT molecular complexity index is 752. The second kappa shape index (κ2) is 9.08. The zero-order valence-corrected chi connectivity index (χ0v) is 15.5. The minimum atomic E-state index is -0.126. The van der Waals surface area contributed by atoms with Gasteiger partial charge in [0.05, 0.1) is 0 Å². The number of thioether (sulfide) groups is 1. The smallest absolute Gasteiger partial charge is 0.251 e. The summed E-state index contributed by atoms with van der Waals surface area (Å²) in [7, 11) is 3.38. The molecule has 4 nitrogen and oxygen atoms in total. The fraction of sp³-hybridized carbons (Fsp3) is 0.200. The first-order chi connectivity index (χ1) is 12.0. The summed E-state index contributed by atoms with van der Waals surface area (Å²) < 4.78 is 0. The fourth-order valence-electron chi connectivity index (χ4n) is 2.27. The first-order valence-corrected chi connectivity index (χ1v) is 9.14. The first-order valence-electron chi connectivity index (χ1n) is 7.91. The number of amides is 2. The second-order valence-corrected chi connectivity index (χ2v) is 6.46. The number of rotatable bonds is 6. The standard InChI is InChI=1S/C20H22N2O2S/c1-21-20(24)17-9-4-15(5-10-17)8-13-19(23)22(2)14-16-6-11-18(25-3)12-7-16/h4-13H,14H2,1-3H3,(H,21,24)/b13-8+. The van der Waals surface area contributed by atoms with Crippen LogP contribution in [-0.2, 0) is 11.3 Å². The monoisotopic (exact) mass is 354 g/mol. The summed E-state index contributed by atoms with van der Waals surface area (Å²) in [5.41, 5.74) is 2.56. The van der Waals surface area contributed by atoms with Crippen LogP contribution in [0, 0.1) is 0 Å². The molecule has 0 aromatic heterocycles. The Morgan fingerprint density at radius 1 is 1.08 bits per heavy atom. The lowest BCUT2D eigenvalue weighted by Crippen LogP contribution is -2.24. The number of carbonyl (C=O) groups is 2. The van der Waals surface area contributed by atoms with Gasteiger partial charge >= 0.3 is 0 Å². The van der Waals surface area contributed by atoms with E-state index in [9.17, 15) is 9.59 Å². The number of nitrogens with one attached hydrogen (secondary N) is 1. The van der Waals surface area contributed by atoms with E-state index < -0.39 is 0 Å². The molecule has 2 aromatic carbocycles. The Morgan fingerprint density at radius 2 is 1.72 bits per heavy atom. The number of carbonyl (C=O) groups excluding carboxylic acids is 2. The van der Waals surface area contributed by atoms with E-state index in [1.807, 2.05) is 30.5 Å². The molecule has 0 bridgehead atoms. The van der Waals surface area contributed by atoms with E-state index in [1.54, 1.807) is 55.0 Å². The normalized spacial score (nSPS) is 10.7. The predicted molar refractivity (Wildman–Crippen MR) is 104 cm³/mol. The number of hydrogen-bond acceptors (Lipinski definition) is 3. The maximum absolute atomic E-state index is 12.2. The van der Waals surface area contributed by atoms with Gasteiger partial charge in [-0.15, -0.1) is 11.8 Å². The molecule has 0 fully saturated rings. The van der Waals surface area contributed by atoms with Crippen molar-refractivity contribution in [2.75, 3.05) is 20.4 Å². The van der Waals surface area contributed by atoms with Gasteiger partial charge in [-0.1, -0.05) is 24.3 Å². The summed E-state index contributed by atoms with van der Waals surface area (Å²) >= 11 is 1.70. The Balaban J connectivity index is 1.95. The molecule has 1 N–H and O–H groups in total. The number of hydrogen-bond donors (Lipinski definition) is 1. The van der Waals surface area contributed by atoms with Crippen molar-refractivity contribution in [3.63, 3.8) is 0 Å². The molecule has 2 aromatic rings. The Kier molecular flexibility index (Phi) is 6.83. The predicted octanol–water partition coefficient (Wildman–Crippen LogP) is 3.44. The Hall–Kier alpha value is -2.53. The molecule has 0 radical (unpaired) electrons. The molecule has 0 spiro atoms. The van der Waals surface area contributed by atoms with Crippen molar-refractivity contribution < 1.29 is 9.59 Å². The van der Waals surface area contributed by atoms with E-state index in [4.69, 9.17) is 0 Å². The lowest BCUT2D eigenvalue weighted by molar-refractivity contribution is -0.125. The van der Waals surface area contributed by atoms with Gasteiger partial charge in [0.2, 0.25) is 5.91 Å². The van der Waals surface area contributed by atoms with E-state index in [0.717, 1.165) is 11.1 Å². The first kappa shape index (κ1) is 18.8. The summed E-state index contributed by atoms with van der Waals surface area (Å²) in [6, 6.07) is 15.3. The summed E-state index contributed by atoms with van der Waals surface area (Å²) in [6.45, 7) is 0.563. The van der Waals surface area contributed by atoms with Crippen LogP contribution < -0.4 is 5.32 Å². The number of nitrogens with zero attached hydrogens (tertiary/aromatic N) is 1. The van der Waals surface area contributed by atoms with Crippen LogP contribution in [0.3, 0.4) is 0 Å². The van der Waals surface area contributed by atoms with Crippen molar-refractivity contribution in [2.24, 2.45) is 0 Å². The zero-order valence-electron chi connectivity index (χ0n) is 14.7. The molecule has 2 amide bonds. The van der Waals surface area contributed by atoms with Crippen LogP contribution in [0.2, 0.25) is 0 Å². The third-order valence-corrected chi connectivity index (χ3v) is 4.52. The van der Waals surface area contributed by atoms with Gasteiger partial charge in [0, 0.05) is 37.2 Å². The molecular formula is C20H22N2O2S. The molecule has 0 atom stereocenters. The lowest BCUT2D eigenvalue weighted by Gasteiger charge is -2.15. The van der Waals surface area contributed by atoms with Gasteiger partial charge < -0.3 is 10.2 Å². The van der Waals surface area contributed by atoms with Gasteiger partial charge in [-0.2, -0.15) is 0 Å². The van der Waals surface area contributed by atoms with E-state index in [-0.39, 0.29) is 11.8 Å². The Morgan fingerprint density at radius 3 is 2.28 bits per heavy atom. The van der Waals surface area contributed by atoms with E-state index in [2.05, 4.69) is 17.4 Å². The van der Waals surface area contributed by atoms with Crippen LogP contribution in [0.5, 0.6) is 0 Å². The molecule has 0 unspecified atom stereocenters. The molecule has 130 valence electrons. The maximum Gasteiger partial charge on any atom is 0.251 e. The van der Waals surface area contributed by atoms with Gasteiger partial charge in [-0.3, -0.25) is 9.59 Å². The molecule has 0 heterocycles. The molecule has 2 rings (SSSR count). The summed E-state index contributed by atoms with van der Waals surface area (Å²) in [6.07, 6.45) is 5.34. The molecule has 0 saturated heterocycles. The van der Waals surface area contributed by atoms with Crippen molar-refractivity contribution in [1.82, 2.24) is 10.2 Å². The van der Waals surface area contributed by atoms with Gasteiger partial charge in [0.1, 0.15) is 0 Å². The molecular weight excluding hydrogens is 332 g/mol. The van der Waals surface area contributed by atoms with Crippen LogP contribution in [0.25, 0.3) is 6.08 Å². The van der Waals surface area contributed by atoms with Crippen LogP contribution in [0.1, 0.15) is 21.5 Å². The molecule has 25 heavy (non-hydrogen) atoms. The molecule has 0 aliphatic carbocycles. The zero-order chi connectivity index (χ0) is 18.2. The average Bonchev–Trinajstić information content (AvgIpc) is 2.66. The van der Waals surface area contributed by atoms with Crippen molar-refractivity contribution in [3.8, 4) is 0 Å². The number of likely N-dealkylation sites (N-methyl/N-ethyl adjacent to an activating group) is 1. The van der Waals surface area contributed by atoms with Crippen molar-refractivity contribution in [3.05, 3.63) is 71.3 Å². The summed E-state index contributed by atoms with van der Waals surface area (Å²) in [4.78, 5) is 26.6. The van der Waals surface area contributed by atoms with Crippen LogP contribution in [-0.4, -0.2) is 37.1 Å². The van der Waals surface area contributed by atoms with Crippen LogP contribution in [0.4, 0.5) is 0 Å². The summed E-state index contributed by atoms with van der Waals surface area (Å²) in [5, 5.41) is 2.58. The van der Waals surface area contributed by atoms with E-state index >= 15 is 0 Å². The highest BCUT2D eigenvalue weighted by molar-refractivity contribution is 7.98. The van der Waals surface area contributed by atoms with Crippen molar-refractivity contribution in [1.29, 1.82) is 0 Å². The molecule has 5 heteroatoms. The largest absolute Gasteiger partial charge is 0.355 e. The number of benzene rings is 2. The highest BCUT2D eigenvalue weighted by Crippen LogP contribution is 2.15.